The van der Waals surface area contributed by atoms with Crippen LogP contribution in [-0.4, -0.2) is 26.1 Å². The van der Waals surface area contributed by atoms with Gasteiger partial charge in [0.25, 0.3) is 5.91 Å². The fraction of sp³-hybridized carbons (Fsp3) is 0.0476. The Kier molecular flexibility index (Phi) is 4.79. The van der Waals surface area contributed by atoms with Crippen molar-refractivity contribution in [2.24, 2.45) is 0 Å². The van der Waals surface area contributed by atoms with Crippen LogP contribution in [0.2, 0.25) is 0 Å². The van der Waals surface area contributed by atoms with Crippen molar-refractivity contribution in [2.45, 2.75) is 6.92 Å². The number of benzene rings is 3. The predicted molar refractivity (Wildman–Crippen MR) is 105 cm³/mol. The molecule has 7 nitrogen and oxygen atoms in total. The van der Waals surface area contributed by atoms with E-state index in [1.807, 2.05) is 61.5 Å². The molecule has 1 heterocycles. The highest BCUT2D eigenvalue weighted by atomic mass is 16.5. The normalized spacial score (nSPS) is 10.5. The summed E-state index contributed by atoms with van der Waals surface area (Å²) in [5, 5.41) is 14.1. The number of aromatic nitrogens is 4. The number of nitrogens with one attached hydrogen (secondary N) is 1. The molecule has 28 heavy (non-hydrogen) atoms. The van der Waals surface area contributed by atoms with Crippen LogP contribution in [-0.2, 0) is 0 Å². The topological polar surface area (TPSA) is 81.9 Å². The van der Waals surface area contributed by atoms with Gasteiger partial charge in [-0.05, 0) is 59.3 Å². The Hall–Kier alpha value is -4.00. The standard InChI is InChI=1S/C21H17N5O2/c1-15-11-12-16(13-19(15)26-14-22-24-25-26)23-21(27)18-9-5-6-10-20(18)28-17-7-3-2-4-8-17/h2-14H,1H3,(H,23,27). The van der Waals surface area contributed by atoms with E-state index in [2.05, 4.69) is 20.8 Å². The van der Waals surface area contributed by atoms with Crippen LogP contribution in [0.5, 0.6) is 11.5 Å². The number of aryl methyl sites for hydroxylation is 1. The van der Waals surface area contributed by atoms with Crippen molar-refractivity contribution in [1.29, 1.82) is 0 Å². The molecule has 0 aliphatic heterocycles. The van der Waals surface area contributed by atoms with Crippen LogP contribution in [0.1, 0.15) is 15.9 Å². The summed E-state index contributed by atoms with van der Waals surface area (Å²) < 4.78 is 7.43. The van der Waals surface area contributed by atoms with E-state index in [0.29, 0.717) is 22.7 Å². The van der Waals surface area contributed by atoms with Crippen molar-refractivity contribution in [2.75, 3.05) is 5.32 Å². The molecule has 0 bridgehead atoms. The van der Waals surface area contributed by atoms with E-state index in [-0.39, 0.29) is 5.91 Å². The van der Waals surface area contributed by atoms with E-state index in [1.54, 1.807) is 22.9 Å². The zero-order valence-corrected chi connectivity index (χ0v) is 15.1. The molecule has 0 saturated carbocycles. The van der Waals surface area contributed by atoms with Gasteiger partial charge in [-0.25, -0.2) is 4.68 Å². The third kappa shape index (κ3) is 3.73. The number of anilines is 1. The first-order valence-electron chi connectivity index (χ1n) is 8.68. The average Bonchev–Trinajstić information content (AvgIpc) is 3.25. The number of nitrogens with zero attached hydrogens (tertiary/aromatic N) is 4. The molecular formula is C21H17N5O2. The summed E-state index contributed by atoms with van der Waals surface area (Å²) >= 11 is 0. The lowest BCUT2D eigenvalue weighted by molar-refractivity contribution is 0.102. The molecule has 0 saturated heterocycles. The molecule has 0 spiro atoms. The summed E-state index contributed by atoms with van der Waals surface area (Å²) in [6, 6.07) is 22.0. The lowest BCUT2D eigenvalue weighted by Crippen LogP contribution is -2.13. The quantitative estimate of drug-likeness (QED) is 0.573. The van der Waals surface area contributed by atoms with Crippen LogP contribution in [0.15, 0.2) is 79.1 Å². The molecule has 0 aliphatic rings. The molecule has 0 radical (unpaired) electrons. The maximum atomic E-state index is 12.9. The zero-order chi connectivity index (χ0) is 19.3. The second-order valence-electron chi connectivity index (χ2n) is 6.12. The van der Waals surface area contributed by atoms with Crippen molar-refractivity contribution in [3.05, 3.63) is 90.3 Å². The van der Waals surface area contributed by atoms with Crippen LogP contribution in [0.4, 0.5) is 5.69 Å². The summed E-state index contributed by atoms with van der Waals surface area (Å²) in [5.41, 5.74) is 2.85. The third-order valence-electron chi connectivity index (χ3n) is 4.17. The molecule has 3 aromatic carbocycles. The van der Waals surface area contributed by atoms with Gasteiger partial charge in [0.05, 0.1) is 11.3 Å². The fourth-order valence-electron chi connectivity index (χ4n) is 2.76. The molecule has 1 N–H and O–H groups in total. The van der Waals surface area contributed by atoms with Crippen LogP contribution in [0.25, 0.3) is 5.69 Å². The van der Waals surface area contributed by atoms with Crippen molar-refractivity contribution in [3.63, 3.8) is 0 Å². The third-order valence-corrected chi connectivity index (χ3v) is 4.17. The van der Waals surface area contributed by atoms with Gasteiger partial charge < -0.3 is 10.1 Å². The number of para-hydroxylation sites is 2. The van der Waals surface area contributed by atoms with Gasteiger partial charge in [-0.15, -0.1) is 5.10 Å². The summed E-state index contributed by atoms with van der Waals surface area (Å²) in [6.45, 7) is 1.95. The summed E-state index contributed by atoms with van der Waals surface area (Å²) in [5.74, 6) is 0.885. The number of hydrogen-bond acceptors (Lipinski definition) is 5. The summed E-state index contributed by atoms with van der Waals surface area (Å²) in [7, 11) is 0. The van der Waals surface area contributed by atoms with Gasteiger partial charge in [0.15, 0.2) is 0 Å². The molecule has 4 rings (SSSR count). The van der Waals surface area contributed by atoms with Gasteiger partial charge in [0, 0.05) is 5.69 Å². The smallest absolute Gasteiger partial charge is 0.259 e. The van der Waals surface area contributed by atoms with Gasteiger partial charge in [0.1, 0.15) is 17.8 Å². The van der Waals surface area contributed by atoms with E-state index >= 15 is 0 Å². The molecule has 1 amide bonds. The monoisotopic (exact) mass is 371 g/mol. The minimum atomic E-state index is -0.266. The van der Waals surface area contributed by atoms with Crippen molar-refractivity contribution in [1.82, 2.24) is 20.2 Å². The highest BCUT2D eigenvalue weighted by molar-refractivity contribution is 6.06. The second kappa shape index (κ2) is 7.71. The van der Waals surface area contributed by atoms with E-state index in [1.165, 1.54) is 6.33 Å². The van der Waals surface area contributed by atoms with Gasteiger partial charge >= 0.3 is 0 Å². The van der Waals surface area contributed by atoms with E-state index in [0.717, 1.165) is 11.3 Å². The van der Waals surface area contributed by atoms with E-state index in [4.69, 9.17) is 4.74 Å². The van der Waals surface area contributed by atoms with Gasteiger partial charge in [0.2, 0.25) is 0 Å². The van der Waals surface area contributed by atoms with Crippen LogP contribution < -0.4 is 10.1 Å². The van der Waals surface area contributed by atoms with Gasteiger partial charge in [-0.2, -0.15) is 0 Å². The SMILES string of the molecule is Cc1ccc(NC(=O)c2ccccc2Oc2ccccc2)cc1-n1cnnn1. The van der Waals surface area contributed by atoms with Crippen molar-refractivity contribution >= 4 is 11.6 Å². The predicted octanol–water partition coefficient (Wildman–Crippen LogP) is 4.02. The Labute approximate surface area is 161 Å². The van der Waals surface area contributed by atoms with Crippen LogP contribution >= 0.6 is 0 Å². The zero-order valence-electron chi connectivity index (χ0n) is 15.1. The number of tetrazole rings is 1. The maximum Gasteiger partial charge on any atom is 0.259 e. The molecule has 0 aliphatic carbocycles. The number of carbonyl (C=O) groups is 1. The molecule has 0 unspecified atom stereocenters. The highest BCUT2D eigenvalue weighted by Gasteiger charge is 2.14. The minimum absolute atomic E-state index is 0.266. The van der Waals surface area contributed by atoms with Crippen molar-refractivity contribution in [3.8, 4) is 17.2 Å². The Balaban J connectivity index is 1.59. The largest absolute Gasteiger partial charge is 0.457 e. The lowest BCUT2D eigenvalue weighted by Gasteiger charge is -2.12. The molecular weight excluding hydrogens is 354 g/mol. The van der Waals surface area contributed by atoms with Crippen molar-refractivity contribution < 1.29 is 9.53 Å². The number of rotatable bonds is 5. The summed E-state index contributed by atoms with van der Waals surface area (Å²) in [4.78, 5) is 12.9. The lowest BCUT2D eigenvalue weighted by atomic mass is 10.1. The number of carbonyl (C=O) groups excluding carboxylic acids is 1. The molecule has 0 atom stereocenters. The van der Waals surface area contributed by atoms with Gasteiger partial charge in [-0.1, -0.05) is 36.4 Å². The Morgan fingerprint density at radius 3 is 2.57 bits per heavy atom. The first kappa shape index (κ1) is 17.4. The molecule has 1 aromatic heterocycles. The molecule has 138 valence electrons. The van der Waals surface area contributed by atoms with Crippen LogP contribution in [0.3, 0.4) is 0 Å². The first-order valence-corrected chi connectivity index (χ1v) is 8.68. The average molecular weight is 371 g/mol. The molecule has 4 aromatic rings. The molecule has 7 heteroatoms. The molecule has 0 fully saturated rings. The highest BCUT2D eigenvalue weighted by Crippen LogP contribution is 2.26. The fourth-order valence-corrected chi connectivity index (χ4v) is 2.76. The van der Waals surface area contributed by atoms with E-state index < -0.39 is 0 Å². The first-order chi connectivity index (χ1) is 13.7. The van der Waals surface area contributed by atoms with Gasteiger partial charge in [-0.3, -0.25) is 4.79 Å². The Morgan fingerprint density at radius 2 is 1.79 bits per heavy atom. The number of amides is 1. The minimum Gasteiger partial charge on any atom is -0.457 e. The summed E-state index contributed by atoms with van der Waals surface area (Å²) in [6.07, 6.45) is 1.51. The van der Waals surface area contributed by atoms with E-state index in [9.17, 15) is 4.79 Å². The Morgan fingerprint density at radius 1 is 1.00 bits per heavy atom. The maximum absolute atomic E-state index is 12.9. The number of ether oxygens (including phenoxy) is 1. The Bertz CT molecular complexity index is 1100. The van der Waals surface area contributed by atoms with Crippen LogP contribution in [0, 0.1) is 6.92 Å². The number of hydrogen-bond donors (Lipinski definition) is 1. The second-order valence-corrected chi connectivity index (χ2v) is 6.12.